The lowest BCUT2D eigenvalue weighted by Gasteiger charge is -2.42. The van der Waals surface area contributed by atoms with Crippen LogP contribution in [0.4, 0.5) is 5.82 Å². The van der Waals surface area contributed by atoms with Gasteiger partial charge in [-0.1, -0.05) is 6.92 Å². The Morgan fingerprint density at radius 2 is 2.25 bits per heavy atom. The molecule has 0 saturated carbocycles. The van der Waals surface area contributed by atoms with Gasteiger partial charge >= 0.3 is 0 Å². The lowest BCUT2D eigenvalue weighted by molar-refractivity contribution is 0.381. The number of halogens is 1. The first-order valence-corrected chi connectivity index (χ1v) is 7.28. The third-order valence-corrected chi connectivity index (χ3v) is 4.71. The van der Waals surface area contributed by atoms with E-state index >= 15 is 0 Å². The average molecular weight is 291 g/mol. The zero-order valence-corrected chi connectivity index (χ0v) is 12.2. The SMILES string of the molecule is CC[C@@]12CCCN1c1nc(Cl)ncc1-n1c(C)nnc12. The summed E-state index contributed by atoms with van der Waals surface area (Å²) in [4.78, 5) is 10.9. The maximum atomic E-state index is 6.01. The maximum absolute atomic E-state index is 6.01. The molecule has 0 spiro atoms. The minimum Gasteiger partial charge on any atom is -0.342 e. The summed E-state index contributed by atoms with van der Waals surface area (Å²) in [6, 6.07) is 0. The molecule has 0 unspecified atom stereocenters. The van der Waals surface area contributed by atoms with E-state index in [1.54, 1.807) is 6.20 Å². The summed E-state index contributed by atoms with van der Waals surface area (Å²) in [6.07, 6.45) is 4.94. The van der Waals surface area contributed by atoms with Crippen LogP contribution in [0.15, 0.2) is 6.20 Å². The fraction of sp³-hybridized carbons (Fsp3) is 0.538. The van der Waals surface area contributed by atoms with E-state index < -0.39 is 0 Å². The zero-order chi connectivity index (χ0) is 13.9. The molecule has 6 nitrogen and oxygen atoms in total. The average Bonchev–Trinajstić information content (AvgIpc) is 3.04. The molecule has 0 aromatic carbocycles. The van der Waals surface area contributed by atoms with Gasteiger partial charge < -0.3 is 4.90 Å². The summed E-state index contributed by atoms with van der Waals surface area (Å²) in [7, 11) is 0. The van der Waals surface area contributed by atoms with Crippen LogP contribution in [0.1, 0.15) is 37.8 Å². The molecule has 0 amide bonds. The first-order valence-electron chi connectivity index (χ1n) is 6.90. The van der Waals surface area contributed by atoms with Crippen LogP contribution in [-0.4, -0.2) is 31.3 Å². The van der Waals surface area contributed by atoms with Gasteiger partial charge in [-0.05, 0) is 37.8 Å². The normalized spacial score (nSPS) is 23.4. The van der Waals surface area contributed by atoms with Crippen LogP contribution in [0, 0.1) is 6.92 Å². The fourth-order valence-corrected chi connectivity index (χ4v) is 3.73. The molecule has 4 heterocycles. The minimum absolute atomic E-state index is 0.105. The highest BCUT2D eigenvalue weighted by atomic mass is 35.5. The molecule has 0 bridgehead atoms. The molecule has 2 aromatic heterocycles. The van der Waals surface area contributed by atoms with Crippen LogP contribution in [0.3, 0.4) is 0 Å². The van der Waals surface area contributed by atoms with Crippen molar-refractivity contribution in [3.05, 3.63) is 23.1 Å². The molecule has 4 rings (SSSR count). The maximum Gasteiger partial charge on any atom is 0.224 e. The van der Waals surface area contributed by atoms with E-state index in [1.807, 2.05) is 6.92 Å². The number of fused-ring (bicyclic) bond motifs is 6. The molecule has 0 radical (unpaired) electrons. The first kappa shape index (κ1) is 12.1. The van der Waals surface area contributed by atoms with Crippen LogP contribution in [0.2, 0.25) is 5.28 Å². The molecule has 0 aliphatic carbocycles. The Bertz CT molecular complexity index is 696. The standard InChI is InChI=1S/C13H15ClN6/c1-3-13-5-4-6-19(13)10-9(7-15-12(14)16-10)20-8(2)17-18-11(13)20/h7H,3-6H2,1-2H3/t13-/m0/s1. The molecule has 1 saturated heterocycles. The molecule has 2 aliphatic heterocycles. The summed E-state index contributed by atoms with van der Waals surface area (Å²) in [5, 5.41) is 9.00. The van der Waals surface area contributed by atoms with Crippen molar-refractivity contribution in [2.24, 2.45) is 0 Å². The number of nitrogens with zero attached hydrogens (tertiary/aromatic N) is 6. The van der Waals surface area contributed by atoms with Gasteiger partial charge in [0, 0.05) is 6.54 Å². The van der Waals surface area contributed by atoms with Gasteiger partial charge in [-0.25, -0.2) is 4.98 Å². The van der Waals surface area contributed by atoms with Crippen molar-refractivity contribution in [1.29, 1.82) is 0 Å². The molecule has 0 N–H and O–H groups in total. The Kier molecular flexibility index (Phi) is 2.36. The predicted octanol–water partition coefficient (Wildman–Crippen LogP) is 2.24. The predicted molar refractivity (Wildman–Crippen MR) is 75.2 cm³/mol. The van der Waals surface area contributed by atoms with E-state index in [0.717, 1.165) is 49.0 Å². The minimum atomic E-state index is -0.105. The topological polar surface area (TPSA) is 59.7 Å². The van der Waals surface area contributed by atoms with E-state index in [1.165, 1.54) is 0 Å². The van der Waals surface area contributed by atoms with Crippen LogP contribution >= 0.6 is 11.6 Å². The van der Waals surface area contributed by atoms with E-state index in [-0.39, 0.29) is 10.8 Å². The van der Waals surface area contributed by atoms with Crippen molar-refractivity contribution < 1.29 is 0 Å². The van der Waals surface area contributed by atoms with Gasteiger partial charge in [-0.15, -0.1) is 10.2 Å². The number of rotatable bonds is 1. The van der Waals surface area contributed by atoms with Crippen molar-refractivity contribution in [2.45, 2.75) is 38.6 Å². The highest BCUT2D eigenvalue weighted by Gasteiger charge is 2.50. The van der Waals surface area contributed by atoms with Crippen LogP contribution in [0.5, 0.6) is 0 Å². The third-order valence-electron chi connectivity index (χ3n) is 4.53. The summed E-state index contributed by atoms with van der Waals surface area (Å²) in [5.74, 6) is 2.78. The highest BCUT2D eigenvalue weighted by Crippen LogP contribution is 2.48. The quantitative estimate of drug-likeness (QED) is 0.754. The molecule has 104 valence electrons. The number of hydrogen-bond donors (Lipinski definition) is 0. The lowest BCUT2D eigenvalue weighted by Crippen LogP contribution is -2.47. The molecule has 2 aromatic rings. The summed E-state index contributed by atoms with van der Waals surface area (Å²) < 4.78 is 2.08. The Hall–Kier alpha value is -1.69. The second kappa shape index (κ2) is 3.91. The van der Waals surface area contributed by atoms with Crippen molar-refractivity contribution in [1.82, 2.24) is 24.7 Å². The zero-order valence-electron chi connectivity index (χ0n) is 11.5. The summed E-state index contributed by atoms with van der Waals surface area (Å²) >= 11 is 6.01. The monoisotopic (exact) mass is 290 g/mol. The largest absolute Gasteiger partial charge is 0.342 e. The number of aromatic nitrogens is 5. The molecule has 7 heteroatoms. The Morgan fingerprint density at radius 3 is 3.05 bits per heavy atom. The van der Waals surface area contributed by atoms with Gasteiger partial charge in [0.25, 0.3) is 0 Å². The molecule has 2 aliphatic rings. The molecule has 1 atom stereocenters. The number of aryl methyl sites for hydroxylation is 1. The third kappa shape index (κ3) is 1.30. The summed E-state index contributed by atoms with van der Waals surface area (Å²) in [5.41, 5.74) is 0.823. The van der Waals surface area contributed by atoms with E-state index in [4.69, 9.17) is 11.6 Å². The van der Waals surface area contributed by atoms with Crippen LogP contribution in [0.25, 0.3) is 5.69 Å². The Morgan fingerprint density at radius 1 is 1.40 bits per heavy atom. The number of anilines is 1. The van der Waals surface area contributed by atoms with Gasteiger partial charge in [0.15, 0.2) is 11.6 Å². The van der Waals surface area contributed by atoms with Crippen molar-refractivity contribution in [3.63, 3.8) is 0 Å². The lowest BCUT2D eigenvalue weighted by atomic mass is 9.90. The van der Waals surface area contributed by atoms with Gasteiger partial charge in [0.2, 0.25) is 5.28 Å². The second-order valence-electron chi connectivity index (χ2n) is 5.39. The second-order valence-corrected chi connectivity index (χ2v) is 5.73. The fourth-order valence-electron chi connectivity index (χ4n) is 3.60. The van der Waals surface area contributed by atoms with Gasteiger partial charge in [-0.3, -0.25) is 4.57 Å². The van der Waals surface area contributed by atoms with Crippen molar-refractivity contribution >= 4 is 17.4 Å². The Balaban J connectivity index is 2.08. The molecular formula is C13H15ClN6. The van der Waals surface area contributed by atoms with Gasteiger partial charge in [0.1, 0.15) is 17.1 Å². The highest BCUT2D eigenvalue weighted by molar-refractivity contribution is 6.28. The number of hydrogen-bond acceptors (Lipinski definition) is 5. The first-order chi connectivity index (χ1) is 9.67. The van der Waals surface area contributed by atoms with E-state index in [2.05, 4.69) is 36.6 Å². The smallest absolute Gasteiger partial charge is 0.224 e. The Labute approximate surface area is 121 Å². The van der Waals surface area contributed by atoms with Crippen molar-refractivity contribution in [3.8, 4) is 5.69 Å². The summed E-state index contributed by atoms with van der Waals surface area (Å²) in [6.45, 7) is 5.13. The van der Waals surface area contributed by atoms with Gasteiger partial charge in [0.05, 0.1) is 6.20 Å². The molecule has 1 fully saturated rings. The molecule has 20 heavy (non-hydrogen) atoms. The van der Waals surface area contributed by atoms with Gasteiger partial charge in [-0.2, -0.15) is 4.98 Å². The van der Waals surface area contributed by atoms with Crippen LogP contribution in [-0.2, 0) is 5.54 Å². The van der Waals surface area contributed by atoms with Crippen molar-refractivity contribution in [2.75, 3.05) is 11.4 Å². The van der Waals surface area contributed by atoms with Crippen LogP contribution < -0.4 is 4.90 Å². The molecular weight excluding hydrogens is 276 g/mol. The van der Waals surface area contributed by atoms with E-state index in [0.29, 0.717) is 0 Å². The van der Waals surface area contributed by atoms with E-state index in [9.17, 15) is 0 Å².